The van der Waals surface area contributed by atoms with E-state index in [1.807, 2.05) is 12.1 Å². The number of hydrogen-bond donors (Lipinski definition) is 1. The Morgan fingerprint density at radius 2 is 2.31 bits per heavy atom. The molecule has 2 heterocycles. The molecular formula is C9H6N6S. The molecule has 16 heavy (non-hydrogen) atoms. The van der Waals surface area contributed by atoms with E-state index in [1.165, 1.54) is 15.9 Å². The third-order valence-electron chi connectivity index (χ3n) is 1.81. The van der Waals surface area contributed by atoms with Gasteiger partial charge in [-0.1, -0.05) is 17.4 Å². The van der Waals surface area contributed by atoms with E-state index in [0.29, 0.717) is 16.6 Å². The van der Waals surface area contributed by atoms with E-state index in [2.05, 4.69) is 22.0 Å². The van der Waals surface area contributed by atoms with E-state index in [-0.39, 0.29) is 11.4 Å². The Morgan fingerprint density at radius 3 is 2.94 bits per heavy atom. The molecule has 0 unspecified atom stereocenters. The molecule has 0 aliphatic heterocycles. The van der Waals surface area contributed by atoms with Crippen molar-refractivity contribution >= 4 is 21.4 Å². The average molecular weight is 230 g/mol. The van der Waals surface area contributed by atoms with Crippen LogP contribution in [0, 0.1) is 22.7 Å². The largest absolute Gasteiger partial charge is 0.357 e. The Bertz CT molecular complexity index is 623. The van der Waals surface area contributed by atoms with E-state index < -0.39 is 0 Å². The first-order valence-corrected chi connectivity index (χ1v) is 5.16. The van der Waals surface area contributed by atoms with Crippen LogP contribution >= 0.6 is 11.3 Å². The van der Waals surface area contributed by atoms with Gasteiger partial charge >= 0.3 is 0 Å². The van der Waals surface area contributed by atoms with Crippen LogP contribution in [0.5, 0.6) is 0 Å². The summed E-state index contributed by atoms with van der Waals surface area (Å²) in [5, 5.41) is 25.4. The smallest absolute Gasteiger partial charge is 0.216 e. The minimum atomic E-state index is 0.108. The second-order valence-corrected chi connectivity index (χ2v) is 3.76. The van der Waals surface area contributed by atoms with Gasteiger partial charge in [0.2, 0.25) is 10.1 Å². The SMILES string of the molecule is C=CCNc1nn2c(C#N)c(C#N)nc2s1. The average Bonchev–Trinajstić information content (AvgIpc) is 2.81. The zero-order valence-electron chi connectivity index (χ0n) is 8.14. The van der Waals surface area contributed by atoms with Crippen LogP contribution in [-0.4, -0.2) is 21.1 Å². The fourth-order valence-corrected chi connectivity index (χ4v) is 1.96. The monoisotopic (exact) mass is 230 g/mol. The molecule has 0 saturated carbocycles. The first kappa shape index (κ1) is 10.1. The molecule has 0 radical (unpaired) electrons. The highest BCUT2D eigenvalue weighted by Crippen LogP contribution is 2.21. The Morgan fingerprint density at radius 1 is 1.50 bits per heavy atom. The van der Waals surface area contributed by atoms with Gasteiger partial charge < -0.3 is 5.32 Å². The molecule has 2 aromatic rings. The zero-order chi connectivity index (χ0) is 11.5. The van der Waals surface area contributed by atoms with Gasteiger partial charge in [0.1, 0.15) is 12.1 Å². The summed E-state index contributed by atoms with van der Waals surface area (Å²) in [6, 6.07) is 3.77. The van der Waals surface area contributed by atoms with Crippen molar-refractivity contribution in [3.05, 3.63) is 24.0 Å². The lowest BCUT2D eigenvalue weighted by Crippen LogP contribution is -1.98. The maximum Gasteiger partial charge on any atom is 0.216 e. The maximum absolute atomic E-state index is 8.89. The minimum absolute atomic E-state index is 0.108. The molecule has 0 amide bonds. The summed E-state index contributed by atoms with van der Waals surface area (Å²) in [6.45, 7) is 4.16. The molecule has 7 heteroatoms. The quantitative estimate of drug-likeness (QED) is 0.798. The van der Waals surface area contributed by atoms with Crippen molar-refractivity contribution in [1.82, 2.24) is 14.6 Å². The summed E-state index contributed by atoms with van der Waals surface area (Å²) in [7, 11) is 0. The second kappa shape index (κ2) is 4.01. The predicted octanol–water partition coefficient (Wildman–Crippen LogP) is 1.13. The molecule has 0 aliphatic carbocycles. The molecule has 0 bridgehead atoms. The van der Waals surface area contributed by atoms with E-state index in [1.54, 1.807) is 6.08 Å². The molecule has 0 atom stereocenters. The van der Waals surface area contributed by atoms with Gasteiger partial charge in [-0.2, -0.15) is 15.0 Å². The van der Waals surface area contributed by atoms with Gasteiger partial charge in [0, 0.05) is 6.54 Å². The van der Waals surface area contributed by atoms with E-state index in [9.17, 15) is 0 Å². The fraction of sp³-hybridized carbons (Fsp3) is 0.111. The molecule has 6 nitrogen and oxygen atoms in total. The van der Waals surface area contributed by atoms with Crippen molar-refractivity contribution in [1.29, 1.82) is 10.5 Å². The van der Waals surface area contributed by atoms with E-state index in [0.717, 1.165) is 0 Å². The van der Waals surface area contributed by atoms with Gasteiger partial charge in [0.05, 0.1) is 0 Å². The van der Waals surface area contributed by atoms with E-state index >= 15 is 0 Å². The Balaban J connectivity index is 2.49. The summed E-state index contributed by atoms with van der Waals surface area (Å²) in [4.78, 5) is 4.53. The number of anilines is 1. The number of imidazole rings is 1. The standard InChI is InChI=1S/C9H6N6S/c1-2-3-12-8-14-15-7(5-11)6(4-10)13-9(15)16-8/h2H,1,3H2,(H,12,14). The van der Waals surface area contributed by atoms with Crippen LogP contribution in [0.15, 0.2) is 12.7 Å². The van der Waals surface area contributed by atoms with Crippen LogP contribution < -0.4 is 5.32 Å². The molecule has 78 valence electrons. The zero-order valence-corrected chi connectivity index (χ0v) is 8.95. The van der Waals surface area contributed by atoms with Gasteiger partial charge in [0.15, 0.2) is 11.4 Å². The Labute approximate surface area is 95.1 Å². The third kappa shape index (κ3) is 1.49. The van der Waals surface area contributed by atoms with Crippen LogP contribution in [0.1, 0.15) is 11.4 Å². The van der Waals surface area contributed by atoms with Crippen molar-refractivity contribution in [3.63, 3.8) is 0 Å². The lowest BCUT2D eigenvalue weighted by molar-refractivity contribution is 0.952. The summed E-state index contributed by atoms with van der Waals surface area (Å²) in [5.74, 6) is 0. The number of hydrogen-bond acceptors (Lipinski definition) is 6. The van der Waals surface area contributed by atoms with Crippen molar-refractivity contribution in [2.24, 2.45) is 0 Å². The molecule has 0 spiro atoms. The number of nitriles is 2. The molecule has 0 saturated heterocycles. The van der Waals surface area contributed by atoms with Crippen molar-refractivity contribution in [3.8, 4) is 12.1 Å². The molecular weight excluding hydrogens is 224 g/mol. The summed E-state index contributed by atoms with van der Waals surface area (Å²) in [5.41, 5.74) is 0.275. The maximum atomic E-state index is 8.89. The second-order valence-electron chi connectivity index (χ2n) is 2.80. The molecule has 0 aliphatic rings. The summed E-state index contributed by atoms with van der Waals surface area (Å²) in [6.07, 6.45) is 1.70. The van der Waals surface area contributed by atoms with Gasteiger partial charge in [-0.05, 0) is 0 Å². The molecule has 1 N–H and O–H groups in total. The van der Waals surface area contributed by atoms with Crippen LogP contribution in [0.25, 0.3) is 4.96 Å². The number of aromatic nitrogens is 3. The highest BCUT2D eigenvalue weighted by atomic mass is 32.1. The van der Waals surface area contributed by atoms with Crippen LogP contribution in [0.3, 0.4) is 0 Å². The molecule has 2 aromatic heterocycles. The van der Waals surface area contributed by atoms with Crippen molar-refractivity contribution in [2.75, 3.05) is 11.9 Å². The van der Waals surface area contributed by atoms with Gasteiger partial charge in [-0.15, -0.1) is 11.7 Å². The van der Waals surface area contributed by atoms with Crippen LogP contribution in [0.2, 0.25) is 0 Å². The highest BCUT2D eigenvalue weighted by Gasteiger charge is 2.15. The van der Waals surface area contributed by atoms with Gasteiger partial charge in [-0.25, -0.2) is 4.98 Å². The predicted molar refractivity (Wildman–Crippen MR) is 59.0 cm³/mol. The topological polar surface area (TPSA) is 89.8 Å². The summed E-state index contributed by atoms with van der Waals surface area (Å²) >= 11 is 1.28. The molecule has 0 aromatic carbocycles. The Hall–Kier alpha value is -2.38. The molecule has 0 fully saturated rings. The third-order valence-corrected chi connectivity index (χ3v) is 2.68. The van der Waals surface area contributed by atoms with Crippen molar-refractivity contribution < 1.29 is 0 Å². The fourth-order valence-electron chi connectivity index (χ4n) is 1.16. The van der Waals surface area contributed by atoms with Gasteiger partial charge in [0.25, 0.3) is 0 Å². The van der Waals surface area contributed by atoms with Crippen molar-refractivity contribution in [2.45, 2.75) is 0 Å². The van der Waals surface area contributed by atoms with E-state index in [4.69, 9.17) is 10.5 Å². The van der Waals surface area contributed by atoms with Crippen LogP contribution in [-0.2, 0) is 0 Å². The number of fused-ring (bicyclic) bond motifs is 1. The first-order chi connectivity index (χ1) is 7.80. The van der Waals surface area contributed by atoms with Crippen LogP contribution in [0.4, 0.5) is 5.13 Å². The Kier molecular flexibility index (Phi) is 2.54. The minimum Gasteiger partial charge on any atom is -0.357 e. The summed E-state index contributed by atoms with van der Waals surface area (Å²) < 4.78 is 1.37. The lowest BCUT2D eigenvalue weighted by atomic mass is 10.4. The lowest BCUT2D eigenvalue weighted by Gasteiger charge is -1.93. The number of nitrogens with zero attached hydrogens (tertiary/aromatic N) is 5. The molecule has 2 rings (SSSR count). The highest BCUT2D eigenvalue weighted by molar-refractivity contribution is 7.20. The number of nitrogens with one attached hydrogen (secondary N) is 1. The number of rotatable bonds is 3. The van der Waals surface area contributed by atoms with Gasteiger partial charge in [-0.3, -0.25) is 0 Å². The first-order valence-electron chi connectivity index (χ1n) is 4.34. The normalized spacial score (nSPS) is 9.62.